The number of aliphatic hydroxyl groups excluding tert-OH is 1. The fraction of sp³-hybridized carbons (Fsp3) is 0.615. The molecular formula is C13H19NO3. The third kappa shape index (κ3) is 2.36. The maximum atomic E-state index is 12.2. The van der Waals surface area contributed by atoms with Crippen LogP contribution in [0.15, 0.2) is 16.7 Å². The van der Waals surface area contributed by atoms with Crippen molar-refractivity contribution in [1.29, 1.82) is 0 Å². The summed E-state index contributed by atoms with van der Waals surface area (Å²) in [5.41, 5.74) is 0.635. The van der Waals surface area contributed by atoms with Crippen LogP contribution in [0.5, 0.6) is 0 Å². The Hall–Kier alpha value is -1.29. The largest absolute Gasteiger partial charge is 0.469 e. The molecule has 1 N–H and O–H groups in total. The summed E-state index contributed by atoms with van der Waals surface area (Å²) in [5.74, 6) is 0.871. The van der Waals surface area contributed by atoms with Crippen molar-refractivity contribution in [3.8, 4) is 0 Å². The Balaban J connectivity index is 2.09. The van der Waals surface area contributed by atoms with E-state index in [9.17, 15) is 9.90 Å². The molecule has 1 aliphatic rings. The molecule has 1 fully saturated rings. The third-order valence-corrected chi connectivity index (χ3v) is 3.59. The lowest BCUT2D eigenvalue weighted by Crippen LogP contribution is -2.45. The molecule has 1 aliphatic heterocycles. The number of rotatable bonds is 2. The van der Waals surface area contributed by atoms with Crippen molar-refractivity contribution in [2.75, 3.05) is 13.1 Å². The third-order valence-electron chi connectivity index (χ3n) is 3.59. The van der Waals surface area contributed by atoms with Crippen LogP contribution in [0.3, 0.4) is 0 Å². The van der Waals surface area contributed by atoms with Crippen LogP contribution in [0, 0.1) is 12.8 Å². The first-order valence-electron chi connectivity index (χ1n) is 6.15. The van der Waals surface area contributed by atoms with Gasteiger partial charge in [0.25, 0.3) is 5.91 Å². The highest BCUT2D eigenvalue weighted by molar-refractivity contribution is 5.95. The summed E-state index contributed by atoms with van der Waals surface area (Å²) in [6.45, 7) is 5.11. The standard InChI is InChI=1S/C13H19NO3/c1-3-10-8-14(6-4-12(10)15)13(16)11-5-7-17-9(11)2/h5,7,10,12,15H,3-4,6,8H2,1-2H3. The van der Waals surface area contributed by atoms with Crippen molar-refractivity contribution in [2.45, 2.75) is 32.8 Å². The normalized spacial score (nSPS) is 25.0. The number of likely N-dealkylation sites (tertiary alicyclic amines) is 1. The molecule has 1 aromatic heterocycles. The lowest BCUT2D eigenvalue weighted by Gasteiger charge is -2.35. The lowest BCUT2D eigenvalue weighted by atomic mass is 9.92. The van der Waals surface area contributed by atoms with Gasteiger partial charge >= 0.3 is 0 Å². The van der Waals surface area contributed by atoms with Crippen LogP contribution in [-0.2, 0) is 0 Å². The fourth-order valence-electron chi connectivity index (χ4n) is 2.38. The molecule has 0 aromatic carbocycles. The lowest BCUT2D eigenvalue weighted by molar-refractivity contribution is 0.0228. The van der Waals surface area contributed by atoms with Crippen LogP contribution >= 0.6 is 0 Å². The fourth-order valence-corrected chi connectivity index (χ4v) is 2.38. The maximum absolute atomic E-state index is 12.2. The molecule has 0 saturated carbocycles. The van der Waals surface area contributed by atoms with Gasteiger partial charge in [-0.2, -0.15) is 0 Å². The van der Waals surface area contributed by atoms with E-state index in [0.29, 0.717) is 30.8 Å². The topological polar surface area (TPSA) is 53.7 Å². The zero-order valence-corrected chi connectivity index (χ0v) is 10.3. The van der Waals surface area contributed by atoms with Gasteiger partial charge in [-0.1, -0.05) is 6.92 Å². The molecule has 0 radical (unpaired) electrons. The molecule has 94 valence electrons. The van der Waals surface area contributed by atoms with Gasteiger partial charge in [0.15, 0.2) is 0 Å². The summed E-state index contributed by atoms with van der Waals surface area (Å²) in [4.78, 5) is 14.1. The number of hydrogen-bond acceptors (Lipinski definition) is 3. The van der Waals surface area contributed by atoms with Gasteiger partial charge < -0.3 is 14.4 Å². The Labute approximate surface area is 101 Å². The predicted molar refractivity (Wildman–Crippen MR) is 63.8 cm³/mol. The number of carbonyl (C=O) groups is 1. The Morgan fingerprint density at radius 2 is 2.41 bits per heavy atom. The Bertz CT molecular complexity index is 399. The van der Waals surface area contributed by atoms with Crippen LogP contribution in [0.1, 0.15) is 35.9 Å². The number of carbonyl (C=O) groups excluding carboxylic acids is 1. The number of nitrogens with zero attached hydrogens (tertiary/aromatic N) is 1. The van der Waals surface area contributed by atoms with Crippen LogP contribution in [0.2, 0.25) is 0 Å². The van der Waals surface area contributed by atoms with Crippen molar-refractivity contribution >= 4 is 5.91 Å². The minimum atomic E-state index is -0.269. The first-order chi connectivity index (χ1) is 8.13. The zero-order valence-electron chi connectivity index (χ0n) is 10.3. The summed E-state index contributed by atoms with van der Waals surface area (Å²) in [6.07, 6.45) is 2.84. The van der Waals surface area contributed by atoms with E-state index in [1.54, 1.807) is 19.3 Å². The van der Waals surface area contributed by atoms with Crippen LogP contribution < -0.4 is 0 Å². The molecule has 0 bridgehead atoms. The molecule has 4 heteroatoms. The van der Waals surface area contributed by atoms with Crippen molar-refractivity contribution < 1.29 is 14.3 Å². The van der Waals surface area contributed by atoms with Gasteiger partial charge in [-0.25, -0.2) is 0 Å². The van der Waals surface area contributed by atoms with Crippen LogP contribution in [0.4, 0.5) is 0 Å². The van der Waals surface area contributed by atoms with Gasteiger partial charge in [-0.3, -0.25) is 4.79 Å². The highest BCUT2D eigenvalue weighted by Crippen LogP contribution is 2.22. The molecule has 1 aromatic rings. The van der Waals surface area contributed by atoms with Crippen molar-refractivity contribution in [2.24, 2.45) is 5.92 Å². The van der Waals surface area contributed by atoms with Crippen molar-refractivity contribution in [3.05, 3.63) is 23.7 Å². The second-order valence-electron chi connectivity index (χ2n) is 4.67. The summed E-state index contributed by atoms with van der Waals surface area (Å²) in [7, 11) is 0. The van der Waals surface area contributed by atoms with Gasteiger partial charge in [0.1, 0.15) is 5.76 Å². The average Bonchev–Trinajstić information content (AvgIpc) is 2.75. The second-order valence-corrected chi connectivity index (χ2v) is 4.67. The van der Waals surface area contributed by atoms with E-state index in [1.165, 1.54) is 0 Å². The van der Waals surface area contributed by atoms with E-state index < -0.39 is 0 Å². The first kappa shape index (κ1) is 12.2. The van der Waals surface area contributed by atoms with Gasteiger partial charge in [-0.15, -0.1) is 0 Å². The quantitative estimate of drug-likeness (QED) is 0.853. The van der Waals surface area contributed by atoms with E-state index in [1.807, 2.05) is 11.8 Å². The molecule has 17 heavy (non-hydrogen) atoms. The van der Waals surface area contributed by atoms with E-state index in [0.717, 1.165) is 6.42 Å². The molecule has 0 aliphatic carbocycles. The average molecular weight is 237 g/mol. The number of aliphatic hydroxyl groups is 1. The summed E-state index contributed by atoms with van der Waals surface area (Å²) >= 11 is 0. The number of amides is 1. The second kappa shape index (κ2) is 4.92. The maximum Gasteiger partial charge on any atom is 0.257 e. The van der Waals surface area contributed by atoms with Crippen molar-refractivity contribution in [1.82, 2.24) is 4.90 Å². The number of hydrogen-bond donors (Lipinski definition) is 1. The van der Waals surface area contributed by atoms with Gasteiger partial charge in [0.05, 0.1) is 17.9 Å². The molecule has 2 unspecified atom stereocenters. The van der Waals surface area contributed by atoms with E-state index in [2.05, 4.69) is 0 Å². The van der Waals surface area contributed by atoms with E-state index in [4.69, 9.17) is 4.42 Å². The highest BCUT2D eigenvalue weighted by Gasteiger charge is 2.30. The smallest absolute Gasteiger partial charge is 0.257 e. The van der Waals surface area contributed by atoms with Gasteiger partial charge in [-0.05, 0) is 25.8 Å². The predicted octanol–water partition coefficient (Wildman–Crippen LogP) is 1.82. The SMILES string of the molecule is CCC1CN(C(=O)c2ccoc2C)CCC1O. The number of aryl methyl sites for hydroxylation is 1. The first-order valence-corrected chi connectivity index (χ1v) is 6.15. The highest BCUT2D eigenvalue weighted by atomic mass is 16.3. The molecule has 4 nitrogen and oxygen atoms in total. The minimum absolute atomic E-state index is 0.0154. The molecule has 0 spiro atoms. The Morgan fingerprint density at radius 1 is 1.65 bits per heavy atom. The molecule has 2 heterocycles. The molecule has 1 saturated heterocycles. The summed E-state index contributed by atoms with van der Waals surface area (Å²) < 4.78 is 5.15. The summed E-state index contributed by atoms with van der Waals surface area (Å²) in [5, 5.41) is 9.80. The van der Waals surface area contributed by atoms with E-state index >= 15 is 0 Å². The van der Waals surface area contributed by atoms with Crippen molar-refractivity contribution in [3.63, 3.8) is 0 Å². The number of furan rings is 1. The number of piperidine rings is 1. The molecule has 2 atom stereocenters. The molecule has 2 rings (SSSR count). The molecule has 1 amide bonds. The van der Waals surface area contributed by atoms with Gasteiger partial charge in [0, 0.05) is 19.0 Å². The van der Waals surface area contributed by atoms with Crippen LogP contribution in [-0.4, -0.2) is 35.1 Å². The zero-order chi connectivity index (χ0) is 12.4. The Kier molecular flexibility index (Phi) is 3.52. The van der Waals surface area contributed by atoms with Gasteiger partial charge in [0.2, 0.25) is 0 Å². The van der Waals surface area contributed by atoms with E-state index in [-0.39, 0.29) is 17.9 Å². The summed E-state index contributed by atoms with van der Waals surface area (Å²) in [6, 6.07) is 1.71. The monoisotopic (exact) mass is 237 g/mol. The molecular weight excluding hydrogens is 218 g/mol. The Morgan fingerprint density at radius 3 is 3.00 bits per heavy atom. The minimum Gasteiger partial charge on any atom is -0.469 e. The van der Waals surface area contributed by atoms with Crippen LogP contribution in [0.25, 0.3) is 0 Å².